The summed E-state index contributed by atoms with van der Waals surface area (Å²) in [6.07, 6.45) is 2.65. The molecule has 0 aliphatic heterocycles. The third-order valence-corrected chi connectivity index (χ3v) is 5.29. The van der Waals surface area contributed by atoms with E-state index < -0.39 is 0 Å². The second-order valence-corrected chi connectivity index (χ2v) is 7.04. The Labute approximate surface area is 131 Å². The number of thiophene rings is 1. The Morgan fingerprint density at radius 3 is 2.95 bits per heavy atom. The molecule has 2 aromatic rings. The van der Waals surface area contributed by atoms with Crippen molar-refractivity contribution in [1.29, 1.82) is 0 Å². The molecule has 1 aliphatic rings. The maximum Gasteiger partial charge on any atom is 0.118 e. The fraction of sp³-hybridized carbons (Fsp3) is 0.529. The number of rotatable bonds is 7. The summed E-state index contributed by atoms with van der Waals surface area (Å²) in [5.74, 6) is 2.11. The average molecular weight is 304 g/mol. The minimum Gasteiger partial charge on any atom is -0.465 e. The molecule has 1 saturated carbocycles. The van der Waals surface area contributed by atoms with E-state index in [-0.39, 0.29) is 0 Å². The van der Waals surface area contributed by atoms with Gasteiger partial charge in [-0.15, -0.1) is 11.3 Å². The van der Waals surface area contributed by atoms with Gasteiger partial charge >= 0.3 is 0 Å². The topological polar surface area (TPSA) is 28.4 Å². The lowest BCUT2D eigenvalue weighted by Crippen LogP contribution is -2.20. The smallest absolute Gasteiger partial charge is 0.118 e. The summed E-state index contributed by atoms with van der Waals surface area (Å²) in [6.45, 7) is 6.10. The van der Waals surface area contributed by atoms with Crippen molar-refractivity contribution in [2.45, 2.75) is 51.9 Å². The lowest BCUT2D eigenvalue weighted by atomic mass is 10.2. The van der Waals surface area contributed by atoms with Crippen molar-refractivity contribution in [3.63, 3.8) is 0 Å². The van der Waals surface area contributed by atoms with Crippen LogP contribution >= 0.6 is 11.3 Å². The Kier molecular flexibility index (Phi) is 4.48. The van der Waals surface area contributed by atoms with Crippen molar-refractivity contribution >= 4 is 11.3 Å². The molecule has 0 amide bonds. The molecule has 0 aromatic carbocycles. The van der Waals surface area contributed by atoms with Gasteiger partial charge in [-0.1, -0.05) is 6.07 Å². The predicted octanol–water partition coefficient (Wildman–Crippen LogP) is 4.09. The van der Waals surface area contributed by atoms with Crippen LogP contribution in [0.2, 0.25) is 0 Å². The highest BCUT2D eigenvalue weighted by Crippen LogP contribution is 2.26. The van der Waals surface area contributed by atoms with E-state index in [2.05, 4.69) is 54.7 Å². The molecule has 2 aromatic heterocycles. The molecule has 0 saturated heterocycles. The maximum atomic E-state index is 5.93. The quantitative estimate of drug-likeness (QED) is 0.835. The average Bonchev–Trinajstić information content (AvgIpc) is 2.99. The highest BCUT2D eigenvalue weighted by Gasteiger charge is 2.21. The number of nitrogens with one attached hydrogen (secondary N) is 1. The van der Waals surface area contributed by atoms with E-state index in [1.165, 1.54) is 23.3 Å². The summed E-state index contributed by atoms with van der Waals surface area (Å²) >= 11 is 1.81. The lowest BCUT2D eigenvalue weighted by molar-refractivity contribution is 0.234. The molecule has 1 N–H and O–H groups in total. The first-order valence-corrected chi connectivity index (χ1v) is 8.56. The van der Waals surface area contributed by atoms with Crippen LogP contribution in [0, 0.1) is 6.92 Å². The van der Waals surface area contributed by atoms with Crippen molar-refractivity contribution < 1.29 is 4.42 Å². The van der Waals surface area contributed by atoms with Gasteiger partial charge in [0.15, 0.2) is 0 Å². The fourth-order valence-corrected chi connectivity index (χ4v) is 3.36. The zero-order chi connectivity index (χ0) is 14.8. The molecule has 1 fully saturated rings. The third kappa shape index (κ3) is 3.76. The van der Waals surface area contributed by atoms with Crippen LogP contribution in [-0.2, 0) is 13.1 Å². The van der Waals surface area contributed by atoms with E-state index in [1.54, 1.807) is 0 Å². The van der Waals surface area contributed by atoms with Crippen LogP contribution in [0.15, 0.2) is 28.0 Å². The minimum absolute atomic E-state index is 0.420. The van der Waals surface area contributed by atoms with Crippen molar-refractivity contribution in [3.05, 3.63) is 45.5 Å². The van der Waals surface area contributed by atoms with Gasteiger partial charge in [-0.2, -0.15) is 0 Å². The Bertz CT molecular complexity index is 572. The van der Waals surface area contributed by atoms with Crippen LogP contribution in [0.25, 0.3) is 0 Å². The molecule has 21 heavy (non-hydrogen) atoms. The van der Waals surface area contributed by atoms with Gasteiger partial charge in [0.25, 0.3) is 0 Å². The largest absolute Gasteiger partial charge is 0.465 e. The number of hydrogen-bond donors (Lipinski definition) is 1. The van der Waals surface area contributed by atoms with Gasteiger partial charge in [0, 0.05) is 29.1 Å². The van der Waals surface area contributed by atoms with E-state index in [4.69, 9.17) is 4.42 Å². The second-order valence-electron chi connectivity index (χ2n) is 6.06. The summed E-state index contributed by atoms with van der Waals surface area (Å²) in [6, 6.07) is 7.68. The molecule has 0 spiro atoms. The van der Waals surface area contributed by atoms with E-state index in [9.17, 15) is 0 Å². The molecule has 1 unspecified atom stereocenters. The minimum atomic E-state index is 0.420. The molecule has 1 aliphatic carbocycles. The second kappa shape index (κ2) is 6.34. The first-order valence-electron chi connectivity index (χ1n) is 7.68. The molecule has 0 radical (unpaired) electrons. The standard InChI is InChI=1S/C17H24N2OS/c1-12(17-5-4-8-21-17)19(3)11-16-9-14(13(2)20-16)10-18-15-6-7-15/h4-5,8-9,12,15,18H,6-7,10-11H2,1-3H3. The van der Waals surface area contributed by atoms with Gasteiger partial charge in [0.1, 0.15) is 11.5 Å². The Morgan fingerprint density at radius 2 is 2.29 bits per heavy atom. The molecule has 4 heteroatoms. The van der Waals surface area contributed by atoms with Gasteiger partial charge < -0.3 is 9.73 Å². The van der Waals surface area contributed by atoms with E-state index in [0.717, 1.165) is 30.7 Å². The Hall–Kier alpha value is -1.10. The van der Waals surface area contributed by atoms with Crippen molar-refractivity contribution in [3.8, 4) is 0 Å². The summed E-state index contributed by atoms with van der Waals surface area (Å²) in [5.41, 5.74) is 1.30. The van der Waals surface area contributed by atoms with Crippen LogP contribution in [-0.4, -0.2) is 18.0 Å². The van der Waals surface area contributed by atoms with E-state index in [1.807, 2.05) is 11.3 Å². The van der Waals surface area contributed by atoms with Gasteiger partial charge in [-0.25, -0.2) is 0 Å². The molecule has 3 rings (SSSR count). The molecule has 1 atom stereocenters. The van der Waals surface area contributed by atoms with Crippen molar-refractivity contribution in [2.24, 2.45) is 0 Å². The van der Waals surface area contributed by atoms with Crippen molar-refractivity contribution in [2.75, 3.05) is 7.05 Å². The van der Waals surface area contributed by atoms with Crippen LogP contribution in [0.4, 0.5) is 0 Å². The number of nitrogens with zero attached hydrogens (tertiary/aromatic N) is 1. The Balaban J connectivity index is 1.59. The molecule has 2 heterocycles. The SMILES string of the molecule is Cc1oc(CN(C)C(C)c2cccs2)cc1CNC1CC1. The van der Waals surface area contributed by atoms with Gasteiger partial charge in [0.05, 0.1) is 6.54 Å². The predicted molar refractivity (Wildman–Crippen MR) is 87.5 cm³/mol. The summed E-state index contributed by atoms with van der Waals surface area (Å²) in [7, 11) is 2.16. The summed E-state index contributed by atoms with van der Waals surface area (Å²) in [5, 5.41) is 5.69. The lowest BCUT2D eigenvalue weighted by Gasteiger charge is -2.22. The van der Waals surface area contributed by atoms with Crippen LogP contribution in [0.1, 0.15) is 47.8 Å². The maximum absolute atomic E-state index is 5.93. The highest BCUT2D eigenvalue weighted by atomic mass is 32.1. The highest BCUT2D eigenvalue weighted by molar-refractivity contribution is 7.10. The number of hydrogen-bond acceptors (Lipinski definition) is 4. The summed E-state index contributed by atoms with van der Waals surface area (Å²) in [4.78, 5) is 3.73. The van der Waals surface area contributed by atoms with Crippen LogP contribution in [0.3, 0.4) is 0 Å². The molecular formula is C17H24N2OS. The molecule has 0 bridgehead atoms. The van der Waals surface area contributed by atoms with Crippen LogP contribution < -0.4 is 5.32 Å². The zero-order valence-electron chi connectivity index (χ0n) is 13.1. The van der Waals surface area contributed by atoms with E-state index >= 15 is 0 Å². The third-order valence-electron chi connectivity index (χ3n) is 4.25. The monoisotopic (exact) mass is 304 g/mol. The van der Waals surface area contributed by atoms with Gasteiger partial charge in [-0.05, 0) is 51.2 Å². The fourth-order valence-electron chi connectivity index (χ4n) is 2.51. The van der Waals surface area contributed by atoms with E-state index in [0.29, 0.717) is 6.04 Å². The zero-order valence-corrected chi connectivity index (χ0v) is 13.9. The summed E-state index contributed by atoms with van der Waals surface area (Å²) < 4.78 is 5.93. The van der Waals surface area contributed by atoms with Crippen LogP contribution in [0.5, 0.6) is 0 Å². The number of aryl methyl sites for hydroxylation is 1. The molecule has 114 valence electrons. The molecular weight excluding hydrogens is 280 g/mol. The first-order chi connectivity index (χ1) is 10.1. The number of furan rings is 1. The first kappa shape index (κ1) is 14.8. The van der Waals surface area contributed by atoms with Gasteiger partial charge in [0.2, 0.25) is 0 Å². The molecule has 3 nitrogen and oxygen atoms in total. The van der Waals surface area contributed by atoms with Gasteiger partial charge in [-0.3, -0.25) is 4.90 Å². The van der Waals surface area contributed by atoms with Crippen molar-refractivity contribution in [1.82, 2.24) is 10.2 Å². The normalized spacial score (nSPS) is 16.6. The Morgan fingerprint density at radius 1 is 1.48 bits per heavy atom.